The minimum absolute atomic E-state index is 0.00386. The number of nitrogens with zero attached hydrogens (tertiary/aromatic N) is 2. The number of hydrogen-bond acceptors (Lipinski definition) is 4. The zero-order chi connectivity index (χ0) is 17.3. The Labute approximate surface area is 146 Å². The van der Waals surface area contributed by atoms with Crippen LogP contribution in [0.25, 0.3) is 0 Å². The van der Waals surface area contributed by atoms with E-state index in [1.54, 1.807) is 26.0 Å². The monoisotopic (exact) mass is 369 g/mol. The summed E-state index contributed by atoms with van der Waals surface area (Å²) < 4.78 is 33.0. The molecule has 24 heavy (non-hydrogen) atoms. The molecule has 0 amide bonds. The van der Waals surface area contributed by atoms with E-state index < -0.39 is 10.0 Å². The van der Waals surface area contributed by atoms with Gasteiger partial charge in [0.1, 0.15) is 16.7 Å². The number of rotatable bonds is 4. The molecule has 0 atom stereocenters. The average Bonchev–Trinajstić information content (AvgIpc) is 2.89. The molecule has 1 saturated heterocycles. The Morgan fingerprint density at radius 2 is 1.83 bits per heavy atom. The fourth-order valence-corrected chi connectivity index (χ4v) is 4.87. The molecular formula is C16H20ClN3O3S. The standard InChI is InChI=1S/C16H20ClN3O3S/c1-11-16(12(2)19-18-11)24(21,22)20-9-7-15(8-10-20)23-14-5-3-13(17)4-6-14/h3-6,15H,7-10H2,1-2H3,(H,18,19). The van der Waals surface area contributed by atoms with E-state index in [1.165, 1.54) is 4.31 Å². The second-order valence-electron chi connectivity index (χ2n) is 5.94. The molecule has 1 aromatic carbocycles. The molecule has 130 valence electrons. The largest absolute Gasteiger partial charge is 0.490 e. The Morgan fingerprint density at radius 1 is 1.21 bits per heavy atom. The number of aryl methyl sites for hydroxylation is 2. The highest BCUT2D eigenvalue weighted by Gasteiger charge is 2.33. The number of sulfonamides is 1. The molecule has 3 rings (SSSR count). The summed E-state index contributed by atoms with van der Waals surface area (Å²) >= 11 is 5.86. The summed E-state index contributed by atoms with van der Waals surface area (Å²) in [6.07, 6.45) is 1.31. The van der Waals surface area contributed by atoms with Crippen LogP contribution in [0.4, 0.5) is 0 Å². The number of hydrogen-bond donors (Lipinski definition) is 1. The van der Waals surface area contributed by atoms with Crippen LogP contribution in [-0.4, -0.2) is 42.1 Å². The van der Waals surface area contributed by atoms with Crippen LogP contribution in [0.1, 0.15) is 24.2 Å². The number of nitrogens with one attached hydrogen (secondary N) is 1. The molecule has 0 radical (unpaired) electrons. The van der Waals surface area contributed by atoms with Crippen molar-refractivity contribution in [3.05, 3.63) is 40.7 Å². The predicted molar refractivity (Wildman–Crippen MR) is 91.9 cm³/mol. The Hall–Kier alpha value is -1.57. The van der Waals surface area contributed by atoms with E-state index in [0.717, 1.165) is 5.75 Å². The van der Waals surface area contributed by atoms with Gasteiger partial charge < -0.3 is 4.74 Å². The Bertz CT molecular complexity index is 790. The molecule has 0 aliphatic carbocycles. The van der Waals surface area contributed by atoms with Gasteiger partial charge in [0.15, 0.2) is 0 Å². The lowest BCUT2D eigenvalue weighted by atomic mass is 10.1. The summed E-state index contributed by atoms with van der Waals surface area (Å²) in [4.78, 5) is 0.291. The van der Waals surface area contributed by atoms with Gasteiger partial charge in [-0.05, 0) is 51.0 Å². The van der Waals surface area contributed by atoms with Crippen LogP contribution in [-0.2, 0) is 10.0 Å². The molecule has 2 aromatic rings. The van der Waals surface area contributed by atoms with Gasteiger partial charge in [0, 0.05) is 18.1 Å². The first-order valence-corrected chi connectivity index (χ1v) is 9.63. The number of aromatic amines is 1. The first-order chi connectivity index (χ1) is 11.4. The summed E-state index contributed by atoms with van der Waals surface area (Å²) in [6.45, 7) is 4.30. The molecular weight excluding hydrogens is 350 g/mol. The highest BCUT2D eigenvalue weighted by atomic mass is 35.5. The number of piperidine rings is 1. The van der Waals surface area contributed by atoms with Crippen LogP contribution in [0.15, 0.2) is 29.2 Å². The molecule has 0 saturated carbocycles. The summed E-state index contributed by atoms with van der Waals surface area (Å²) in [7, 11) is -3.52. The SMILES string of the molecule is Cc1n[nH]c(C)c1S(=O)(=O)N1CCC(Oc2ccc(Cl)cc2)CC1. The van der Waals surface area contributed by atoms with Gasteiger partial charge in [-0.2, -0.15) is 9.40 Å². The molecule has 6 nitrogen and oxygen atoms in total. The quantitative estimate of drug-likeness (QED) is 0.899. The van der Waals surface area contributed by atoms with Gasteiger partial charge in [0.05, 0.1) is 11.4 Å². The van der Waals surface area contributed by atoms with Crippen LogP contribution in [0.5, 0.6) is 5.75 Å². The molecule has 1 aliphatic rings. The summed E-state index contributed by atoms with van der Waals surface area (Å²) in [5.41, 5.74) is 1.08. The smallest absolute Gasteiger partial charge is 0.246 e. The molecule has 0 bridgehead atoms. The fourth-order valence-electron chi connectivity index (χ4n) is 2.95. The van der Waals surface area contributed by atoms with E-state index in [4.69, 9.17) is 16.3 Å². The van der Waals surface area contributed by atoms with Gasteiger partial charge in [-0.3, -0.25) is 5.10 Å². The molecule has 0 unspecified atom stereocenters. The van der Waals surface area contributed by atoms with Crippen LogP contribution >= 0.6 is 11.6 Å². The predicted octanol–water partition coefficient (Wildman–Crippen LogP) is 2.91. The Balaban J connectivity index is 1.65. The van der Waals surface area contributed by atoms with Crippen LogP contribution in [0.2, 0.25) is 5.02 Å². The minimum Gasteiger partial charge on any atom is -0.490 e. The van der Waals surface area contributed by atoms with Gasteiger partial charge in [0.2, 0.25) is 10.0 Å². The molecule has 0 spiro atoms. The van der Waals surface area contributed by atoms with Crippen molar-refractivity contribution in [2.75, 3.05) is 13.1 Å². The van der Waals surface area contributed by atoms with Crippen molar-refractivity contribution in [3.63, 3.8) is 0 Å². The first-order valence-electron chi connectivity index (χ1n) is 7.82. The molecule has 2 heterocycles. The van der Waals surface area contributed by atoms with E-state index in [2.05, 4.69) is 10.2 Å². The number of halogens is 1. The second kappa shape index (κ2) is 6.74. The van der Waals surface area contributed by atoms with Crippen molar-refractivity contribution in [1.29, 1.82) is 0 Å². The highest BCUT2D eigenvalue weighted by molar-refractivity contribution is 7.89. The Kier molecular flexibility index (Phi) is 4.85. The van der Waals surface area contributed by atoms with Gasteiger partial charge in [0.25, 0.3) is 0 Å². The molecule has 1 N–H and O–H groups in total. The van der Waals surface area contributed by atoms with Crippen LogP contribution in [0, 0.1) is 13.8 Å². The fraction of sp³-hybridized carbons (Fsp3) is 0.438. The number of H-pyrrole nitrogens is 1. The highest BCUT2D eigenvalue weighted by Crippen LogP contribution is 2.26. The van der Waals surface area contributed by atoms with E-state index in [1.807, 2.05) is 12.1 Å². The number of benzene rings is 1. The zero-order valence-electron chi connectivity index (χ0n) is 13.6. The average molecular weight is 370 g/mol. The normalized spacial score (nSPS) is 17.1. The van der Waals surface area contributed by atoms with Gasteiger partial charge in [-0.1, -0.05) is 11.6 Å². The number of ether oxygens (including phenoxy) is 1. The number of aromatic nitrogens is 2. The van der Waals surface area contributed by atoms with Gasteiger partial charge >= 0.3 is 0 Å². The van der Waals surface area contributed by atoms with Crippen molar-refractivity contribution in [2.24, 2.45) is 0 Å². The van der Waals surface area contributed by atoms with Crippen molar-refractivity contribution in [3.8, 4) is 5.75 Å². The lowest BCUT2D eigenvalue weighted by molar-refractivity contribution is 0.135. The van der Waals surface area contributed by atoms with Crippen molar-refractivity contribution >= 4 is 21.6 Å². The van der Waals surface area contributed by atoms with Gasteiger partial charge in [-0.15, -0.1) is 0 Å². The summed E-state index contributed by atoms with van der Waals surface area (Å²) in [5.74, 6) is 0.752. The lowest BCUT2D eigenvalue weighted by Crippen LogP contribution is -2.42. The van der Waals surface area contributed by atoms with E-state index in [9.17, 15) is 8.42 Å². The van der Waals surface area contributed by atoms with Crippen molar-refractivity contribution in [1.82, 2.24) is 14.5 Å². The summed E-state index contributed by atoms with van der Waals surface area (Å²) in [5, 5.41) is 7.39. The minimum atomic E-state index is -3.52. The molecule has 1 fully saturated rings. The molecule has 1 aliphatic heterocycles. The van der Waals surface area contributed by atoms with Crippen molar-refractivity contribution in [2.45, 2.75) is 37.7 Å². The third-order valence-electron chi connectivity index (χ3n) is 4.18. The van der Waals surface area contributed by atoms with E-state index >= 15 is 0 Å². The second-order valence-corrected chi connectivity index (χ2v) is 8.25. The van der Waals surface area contributed by atoms with E-state index in [0.29, 0.717) is 47.2 Å². The topological polar surface area (TPSA) is 75.3 Å². The maximum absolute atomic E-state index is 12.8. The molecule has 8 heteroatoms. The maximum Gasteiger partial charge on any atom is 0.246 e. The van der Waals surface area contributed by atoms with E-state index in [-0.39, 0.29) is 6.10 Å². The van der Waals surface area contributed by atoms with Crippen LogP contribution < -0.4 is 4.74 Å². The lowest BCUT2D eigenvalue weighted by Gasteiger charge is -2.31. The third-order valence-corrected chi connectivity index (χ3v) is 6.59. The van der Waals surface area contributed by atoms with Crippen LogP contribution in [0.3, 0.4) is 0 Å². The maximum atomic E-state index is 12.8. The third kappa shape index (κ3) is 3.43. The molecule has 1 aromatic heterocycles. The summed E-state index contributed by atoms with van der Waals surface area (Å²) in [6, 6.07) is 7.20. The first kappa shape index (κ1) is 17.3. The zero-order valence-corrected chi connectivity index (χ0v) is 15.2. The van der Waals surface area contributed by atoms with Crippen molar-refractivity contribution < 1.29 is 13.2 Å². The van der Waals surface area contributed by atoms with Gasteiger partial charge in [-0.25, -0.2) is 8.42 Å². The Morgan fingerprint density at radius 3 is 2.38 bits per heavy atom.